The predicted octanol–water partition coefficient (Wildman–Crippen LogP) is 8.08. The van der Waals surface area contributed by atoms with Crippen LogP contribution in [0.5, 0.6) is 0 Å². The molecule has 1 heterocycles. The molecule has 2 aliphatic rings. The van der Waals surface area contributed by atoms with Crippen LogP contribution in [0.1, 0.15) is 46.8 Å². The van der Waals surface area contributed by atoms with Crippen LogP contribution in [0.15, 0.2) is 83.5 Å². The first-order valence-electron chi connectivity index (χ1n) is 10.9. The number of benzene rings is 3. The lowest BCUT2D eigenvalue weighted by molar-refractivity contribution is 0.0681. The summed E-state index contributed by atoms with van der Waals surface area (Å²) in [5.41, 5.74) is 4.65. The van der Waals surface area contributed by atoms with Crippen LogP contribution >= 0.6 is 34.8 Å². The third-order valence-corrected chi connectivity index (χ3v) is 7.07. The van der Waals surface area contributed by atoms with Gasteiger partial charge >= 0.3 is 0 Å². The largest absolute Gasteiger partial charge is 0.276 e. The van der Waals surface area contributed by atoms with E-state index >= 15 is 0 Å². The summed E-state index contributed by atoms with van der Waals surface area (Å²) in [6.07, 6.45) is 5.06. The molecular weight excluding hydrogens is 475 g/mol. The SMILES string of the molecule is O=C(c1ccccc1Cl)N1N=C2/C(=C/c3ccc(Cl)cc3)CCC[C@H]2[C@H]1c1ccc(Cl)cc1. The molecule has 5 rings (SSSR count). The van der Waals surface area contributed by atoms with Crippen LogP contribution in [0, 0.1) is 5.92 Å². The molecule has 0 bridgehead atoms. The van der Waals surface area contributed by atoms with E-state index in [0.717, 1.165) is 41.7 Å². The minimum absolute atomic E-state index is 0.102. The maximum Gasteiger partial charge on any atom is 0.276 e. The lowest BCUT2D eigenvalue weighted by Crippen LogP contribution is -2.32. The third-order valence-electron chi connectivity index (χ3n) is 6.24. The van der Waals surface area contributed by atoms with Gasteiger partial charge in [0.2, 0.25) is 0 Å². The Morgan fingerprint density at radius 2 is 1.58 bits per heavy atom. The smallest absolute Gasteiger partial charge is 0.267 e. The Morgan fingerprint density at radius 3 is 2.27 bits per heavy atom. The second kappa shape index (κ2) is 9.34. The van der Waals surface area contributed by atoms with Crippen LogP contribution in [-0.2, 0) is 0 Å². The van der Waals surface area contributed by atoms with Crippen molar-refractivity contribution in [2.45, 2.75) is 25.3 Å². The lowest BCUT2D eigenvalue weighted by Gasteiger charge is -2.30. The van der Waals surface area contributed by atoms with Crippen molar-refractivity contribution >= 4 is 52.5 Å². The minimum Gasteiger partial charge on any atom is -0.267 e. The molecule has 2 atom stereocenters. The Hall–Kier alpha value is -2.59. The Labute approximate surface area is 208 Å². The molecule has 0 saturated heterocycles. The van der Waals surface area contributed by atoms with Crippen LogP contribution in [0.25, 0.3) is 6.08 Å². The lowest BCUT2D eigenvalue weighted by atomic mass is 9.77. The van der Waals surface area contributed by atoms with Gasteiger partial charge in [0.05, 0.1) is 22.3 Å². The number of nitrogens with zero attached hydrogens (tertiary/aromatic N) is 2. The van der Waals surface area contributed by atoms with Gasteiger partial charge in [-0.3, -0.25) is 4.79 Å². The minimum atomic E-state index is -0.213. The molecule has 1 aliphatic carbocycles. The Kier molecular flexibility index (Phi) is 6.29. The number of allylic oxidation sites excluding steroid dienone is 1. The topological polar surface area (TPSA) is 32.7 Å². The van der Waals surface area contributed by atoms with Gasteiger partial charge in [0.25, 0.3) is 5.91 Å². The molecule has 33 heavy (non-hydrogen) atoms. The third kappa shape index (κ3) is 4.46. The summed E-state index contributed by atoms with van der Waals surface area (Å²) in [6, 6.07) is 22.3. The van der Waals surface area contributed by atoms with E-state index in [4.69, 9.17) is 39.9 Å². The second-order valence-electron chi connectivity index (χ2n) is 8.33. The van der Waals surface area contributed by atoms with Crippen LogP contribution in [0.4, 0.5) is 0 Å². The molecule has 0 N–H and O–H groups in total. The Morgan fingerprint density at radius 1 is 0.909 bits per heavy atom. The molecule has 0 radical (unpaired) electrons. The van der Waals surface area contributed by atoms with Crippen molar-refractivity contribution in [2.75, 3.05) is 0 Å². The van der Waals surface area contributed by atoms with E-state index in [2.05, 4.69) is 6.08 Å². The van der Waals surface area contributed by atoms with E-state index < -0.39 is 0 Å². The molecule has 3 aromatic rings. The highest BCUT2D eigenvalue weighted by molar-refractivity contribution is 6.34. The number of carbonyl (C=O) groups is 1. The van der Waals surface area contributed by atoms with E-state index in [1.165, 1.54) is 0 Å². The van der Waals surface area contributed by atoms with E-state index in [1.54, 1.807) is 17.1 Å². The fraction of sp³-hybridized carbons (Fsp3) is 0.185. The quantitative estimate of drug-likeness (QED) is 0.361. The van der Waals surface area contributed by atoms with Crippen LogP contribution < -0.4 is 0 Å². The number of hydrogen-bond acceptors (Lipinski definition) is 2. The molecule has 1 aliphatic heterocycles. The molecule has 1 fully saturated rings. The molecule has 3 nitrogen and oxygen atoms in total. The van der Waals surface area contributed by atoms with Gasteiger partial charge in [0.1, 0.15) is 0 Å². The zero-order valence-corrected chi connectivity index (χ0v) is 20.0. The average molecular weight is 496 g/mol. The van der Waals surface area contributed by atoms with E-state index in [0.29, 0.717) is 20.6 Å². The summed E-state index contributed by atoms with van der Waals surface area (Å²) in [5, 5.41) is 8.32. The first-order valence-corrected chi connectivity index (χ1v) is 12.0. The van der Waals surface area contributed by atoms with Gasteiger partial charge in [0, 0.05) is 16.0 Å². The highest BCUT2D eigenvalue weighted by Gasteiger charge is 2.44. The second-order valence-corrected chi connectivity index (χ2v) is 9.61. The number of hydrazone groups is 1. The van der Waals surface area contributed by atoms with Crippen molar-refractivity contribution in [1.29, 1.82) is 0 Å². The average Bonchev–Trinajstić information content (AvgIpc) is 3.22. The first-order chi connectivity index (χ1) is 16.0. The number of carbonyl (C=O) groups excluding carboxylic acids is 1. The molecule has 166 valence electrons. The Bertz CT molecular complexity index is 1250. The molecule has 6 heteroatoms. The highest BCUT2D eigenvalue weighted by atomic mass is 35.5. The zero-order chi connectivity index (χ0) is 22.9. The maximum absolute atomic E-state index is 13.6. The van der Waals surface area contributed by atoms with E-state index in [-0.39, 0.29) is 17.9 Å². The molecule has 0 aromatic heterocycles. The van der Waals surface area contributed by atoms with Crippen LogP contribution in [0.2, 0.25) is 15.1 Å². The first kappa shape index (κ1) is 22.2. The normalized spacial score (nSPS) is 21.1. The zero-order valence-electron chi connectivity index (χ0n) is 17.7. The summed E-state index contributed by atoms with van der Waals surface area (Å²) in [6.45, 7) is 0. The monoisotopic (exact) mass is 494 g/mol. The molecule has 0 spiro atoms. The van der Waals surface area contributed by atoms with Gasteiger partial charge < -0.3 is 0 Å². The standard InChI is InChI=1S/C27H21Cl3N2O/c28-20-12-8-17(9-13-20)16-19-4-3-6-23-25(19)31-32(26(23)18-10-14-21(29)15-11-18)27(33)22-5-1-2-7-24(22)30/h1-2,5,7-16,23,26H,3-4,6H2/b19-16+/t23-,26-/m1/s1. The van der Waals surface area contributed by atoms with Gasteiger partial charge in [-0.25, -0.2) is 5.01 Å². The van der Waals surface area contributed by atoms with Crippen molar-refractivity contribution in [1.82, 2.24) is 5.01 Å². The Balaban J connectivity index is 1.59. The molecule has 3 aromatic carbocycles. The van der Waals surface area contributed by atoms with Crippen molar-refractivity contribution in [3.63, 3.8) is 0 Å². The van der Waals surface area contributed by atoms with Crippen molar-refractivity contribution in [2.24, 2.45) is 11.0 Å². The van der Waals surface area contributed by atoms with Crippen molar-refractivity contribution in [3.05, 3.63) is 110 Å². The number of hydrogen-bond donors (Lipinski definition) is 0. The summed E-state index contributed by atoms with van der Waals surface area (Å²) >= 11 is 18.6. The van der Waals surface area contributed by atoms with Gasteiger partial charge in [-0.2, -0.15) is 5.10 Å². The van der Waals surface area contributed by atoms with Gasteiger partial charge in [-0.15, -0.1) is 0 Å². The molecule has 0 unspecified atom stereocenters. The van der Waals surface area contributed by atoms with E-state index in [9.17, 15) is 4.79 Å². The summed E-state index contributed by atoms with van der Waals surface area (Å²) in [4.78, 5) is 13.6. The van der Waals surface area contributed by atoms with Crippen molar-refractivity contribution < 1.29 is 4.79 Å². The summed E-state index contributed by atoms with van der Waals surface area (Å²) in [7, 11) is 0. The van der Waals surface area contributed by atoms with Crippen LogP contribution in [0.3, 0.4) is 0 Å². The van der Waals surface area contributed by atoms with Crippen molar-refractivity contribution in [3.8, 4) is 0 Å². The predicted molar refractivity (Wildman–Crippen MR) is 136 cm³/mol. The summed E-state index contributed by atoms with van der Waals surface area (Å²) in [5.74, 6) is -0.0989. The number of rotatable bonds is 3. The number of fused-ring (bicyclic) bond motifs is 1. The van der Waals surface area contributed by atoms with Crippen LogP contribution in [-0.4, -0.2) is 16.6 Å². The summed E-state index contributed by atoms with van der Waals surface area (Å²) < 4.78 is 0. The van der Waals surface area contributed by atoms with E-state index in [1.807, 2.05) is 60.7 Å². The van der Waals surface area contributed by atoms with Gasteiger partial charge in [-0.05, 0) is 78.4 Å². The van der Waals surface area contributed by atoms with Gasteiger partial charge in [0.15, 0.2) is 0 Å². The number of amides is 1. The van der Waals surface area contributed by atoms with Gasteiger partial charge in [-0.1, -0.05) is 71.2 Å². The fourth-order valence-electron chi connectivity index (χ4n) is 4.68. The molecular formula is C27H21Cl3N2O. The molecule has 1 saturated carbocycles. The fourth-order valence-corrected chi connectivity index (χ4v) is 5.15. The maximum atomic E-state index is 13.6. The molecule has 1 amide bonds. The highest BCUT2D eigenvalue weighted by Crippen LogP contribution is 2.45. The number of halogens is 3.